The molecule has 4 heterocycles. The Morgan fingerprint density at radius 1 is 1.33 bits per heavy atom. The van der Waals surface area contributed by atoms with E-state index in [0.29, 0.717) is 42.6 Å². The molecule has 3 aliphatic heterocycles. The third-order valence-electron chi connectivity index (χ3n) is 5.03. The topological polar surface area (TPSA) is 90.9 Å². The fourth-order valence-electron chi connectivity index (χ4n) is 3.73. The number of alkyl halides is 1. The van der Waals surface area contributed by atoms with Gasteiger partial charge in [-0.2, -0.15) is 4.37 Å². The van der Waals surface area contributed by atoms with Gasteiger partial charge in [-0.1, -0.05) is 31.4 Å². The molecule has 4 rings (SSSR count). The Morgan fingerprint density at radius 3 is 3.00 bits per heavy atom. The fourth-order valence-corrected chi connectivity index (χ4v) is 4.65. The van der Waals surface area contributed by atoms with Gasteiger partial charge in [0.15, 0.2) is 5.69 Å². The number of esters is 2. The molecule has 0 saturated carbocycles. The maximum absolute atomic E-state index is 12.1. The molecule has 1 saturated heterocycles. The number of aromatic nitrogens is 2. The summed E-state index contributed by atoms with van der Waals surface area (Å²) in [6, 6.07) is 0. The highest BCUT2D eigenvalue weighted by molar-refractivity contribution is 6.99. The van der Waals surface area contributed by atoms with Gasteiger partial charge in [0.05, 0.1) is 23.9 Å². The number of nitrogens with zero attached hydrogens (tertiary/aromatic N) is 3. The van der Waals surface area contributed by atoms with Gasteiger partial charge in [0.2, 0.25) is 0 Å². The van der Waals surface area contributed by atoms with Crippen molar-refractivity contribution in [2.75, 3.05) is 19.7 Å². The lowest BCUT2D eigenvalue weighted by molar-refractivity contribution is -0.171. The Kier molecular flexibility index (Phi) is 5.09. The second-order valence-corrected chi connectivity index (χ2v) is 7.88. The van der Waals surface area contributed by atoms with Crippen molar-refractivity contribution >= 4 is 40.8 Å². The van der Waals surface area contributed by atoms with E-state index in [0.717, 1.165) is 43.8 Å². The van der Waals surface area contributed by atoms with E-state index < -0.39 is 17.1 Å². The molecule has 1 aromatic rings. The normalized spacial score (nSPS) is 29.9. The van der Waals surface area contributed by atoms with Crippen LogP contribution in [-0.4, -0.2) is 50.5 Å². The summed E-state index contributed by atoms with van der Waals surface area (Å²) in [7, 11) is 0. The minimum absolute atomic E-state index is 0.0614. The molecule has 1 fully saturated rings. The average molecular weight is 414 g/mol. The van der Waals surface area contributed by atoms with E-state index >= 15 is 0 Å². The summed E-state index contributed by atoms with van der Waals surface area (Å²) in [6.45, 7) is 3.80. The Labute approximate surface area is 165 Å². The Hall–Kier alpha value is -1.71. The number of fused-ring (bicyclic) bond motifs is 5. The van der Waals surface area contributed by atoms with Gasteiger partial charge in [-0.25, -0.2) is 14.5 Å². The first-order valence-corrected chi connectivity index (χ1v) is 10.2. The van der Waals surface area contributed by atoms with E-state index in [1.54, 1.807) is 0 Å². The van der Waals surface area contributed by atoms with Crippen LogP contribution in [0.15, 0.2) is 5.76 Å². The van der Waals surface area contributed by atoms with Crippen molar-refractivity contribution < 1.29 is 23.8 Å². The standard InChI is InChI=1S/C17H20ClN3O5S/c1-2-3-4-8-24-14-12(19-27-20-14)11-13-10-6-5-7-21(9-10)17(11,18)26-16(23)15(22)25-13/h10H,2-9H2,1H3. The molecule has 0 radical (unpaired) electrons. The number of hydrogen-bond acceptors (Lipinski definition) is 9. The van der Waals surface area contributed by atoms with Gasteiger partial charge in [-0.3, -0.25) is 0 Å². The van der Waals surface area contributed by atoms with Crippen LogP contribution in [0.5, 0.6) is 5.88 Å². The van der Waals surface area contributed by atoms with E-state index in [-0.39, 0.29) is 5.92 Å². The minimum atomic E-state index is -1.65. The van der Waals surface area contributed by atoms with Crippen LogP contribution in [0.1, 0.15) is 44.7 Å². The van der Waals surface area contributed by atoms with Crippen LogP contribution in [0.4, 0.5) is 0 Å². The second-order valence-electron chi connectivity index (χ2n) is 6.84. The summed E-state index contributed by atoms with van der Waals surface area (Å²) in [5.41, 5.74) is 0.735. The van der Waals surface area contributed by atoms with Crippen LogP contribution < -0.4 is 4.74 Å². The van der Waals surface area contributed by atoms with Crippen LogP contribution in [0.3, 0.4) is 0 Å². The first-order chi connectivity index (χ1) is 13.0. The van der Waals surface area contributed by atoms with Gasteiger partial charge < -0.3 is 14.2 Å². The number of carbonyl (C=O) groups excluding carboxylic acids is 2. The minimum Gasteiger partial charge on any atom is -0.475 e. The molecule has 27 heavy (non-hydrogen) atoms. The lowest BCUT2D eigenvalue weighted by Crippen LogP contribution is -2.55. The molecule has 1 aromatic heterocycles. The number of ether oxygens (including phenoxy) is 3. The molecule has 3 unspecified atom stereocenters. The molecule has 4 bridgehead atoms. The van der Waals surface area contributed by atoms with Crippen molar-refractivity contribution in [2.24, 2.45) is 5.92 Å². The summed E-state index contributed by atoms with van der Waals surface area (Å²) in [5.74, 6) is -1.56. The SMILES string of the molecule is CCCCCOc1nsnc1C1=C2OC(=O)C(=O)OC1(Cl)N1CCCC2C1. The number of unbranched alkanes of at least 4 members (excludes halogenated alkanes) is 2. The maximum Gasteiger partial charge on any atom is 0.422 e. The number of rotatable bonds is 6. The van der Waals surface area contributed by atoms with Crippen molar-refractivity contribution in [3.63, 3.8) is 0 Å². The predicted octanol–water partition coefficient (Wildman–Crippen LogP) is 2.54. The zero-order valence-electron chi connectivity index (χ0n) is 14.9. The average Bonchev–Trinajstić information content (AvgIpc) is 3.08. The van der Waals surface area contributed by atoms with E-state index in [1.807, 2.05) is 4.90 Å². The lowest BCUT2D eigenvalue weighted by atomic mass is 9.86. The molecule has 3 aliphatic rings. The molecule has 0 N–H and O–H groups in total. The fraction of sp³-hybridized carbons (Fsp3) is 0.647. The van der Waals surface area contributed by atoms with E-state index in [2.05, 4.69) is 15.7 Å². The van der Waals surface area contributed by atoms with Gasteiger partial charge in [-0.15, -0.1) is 4.37 Å². The molecule has 10 heteroatoms. The highest BCUT2D eigenvalue weighted by Crippen LogP contribution is 2.51. The van der Waals surface area contributed by atoms with Gasteiger partial charge in [0.25, 0.3) is 11.1 Å². The summed E-state index contributed by atoms with van der Waals surface area (Å²) < 4.78 is 25.2. The van der Waals surface area contributed by atoms with Gasteiger partial charge in [-0.05, 0) is 19.3 Å². The third-order valence-corrected chi connectivity index (χ3v) is 6.05. The largest absolute Gasteiger partial charge is 0.475 e. The summed E-state index contributed by atoms with van der Waals surface area (Å²) >= 11 is 7.80. The van der Waals surface area contributed by atoms with E-state index in [1.165, 1.54) is 0 Å². The molecule has 8 nitrogen and oxygen atoms in total. The molecule has 3 atom stereocenters. The monoisotopic (exact) mass is 413 g/mol. The van der Waals surface area contributed by atoms with Crippen LogP contribution in [0.25, 0.3) is 5.57 Å². The Bertz CT molecular complexity index is 797. The predicted molar refractivity (Wildman–Crippen MR) is 96.9 cm³/mol. The zero-order chi connectivity index (χ0) is 19.0. The van der Waals surface area contributed by atoms with Crippen LogP contribution in [0, 0.1) is 5.92 Å². The quantitative estimate of drug-likeness (QED) is 0.231. The van der Waals surface area contributed by atoms with Crippen LogP contribution in [-0.2, 0) is 19.1 Å². The molecule has 0 spiro atoms. The van der Waals surface area contributed by atoms with Gasteiger partial charge in [0, 0.05) is 19.0 Å². The number of piperidine rings is 1. The second kappa shape index (κ2) is 7.37. The molecular formula is C17H20ClN3O5S. The Morgan fingerprint density at radius 2 is 2.19 bits per heavy atom. The van der Waals surface area contributed by atoms with Crippen molar-refractivity contribution in [3.05, 3.63) is 11.5 Å². The summed E-state index contributed by atoms with van der Waals surface area (Å²) in [4.78, 5) is 26.0. The van der Waals surface area contributed by atoms with Crippen molar-refractivity contribution in [3.8, 4) is 5.88 Å². The summed E-state index contributed by atoms with van der Waals surface area (Å²) in [5, 5.41) is -1.65. The molecule has 146 valence electrons. The van der Waals surface area contributed by atoms with Crippen molar-refractivity contribution in [1.29, 1.82) is 0 Å². The number of hydrogen-bond donors (Lipinski definition) is 0. The van der Waals surface area contributed by atoms with Crippen LogP contribution in [0.2, 0.25) is 0 Å². The highest BCUT2D eigenvalue weighted by Gasteiger charge is 2.57. The van der Waals surface area contributed by atoms with Crippen molar-refractivity contribution in [2.45, 2.75) is 44.2 Å². The first kappa shape index (κ1) is 18.6. The van der Waals surface area contributed by atoms with E-state index in [4.69, 9.17) is 25.8 Å². The van der Waals surface area contributed by atoms with Gasteiger partial charge in [0.1, 0.15) is 5.76 Å². The summed E-state index contributed by atoms with van der Waals surface area (Å²) in [6.07, 6.45) is 4.71. The zero-order valence-corrected chi connectivity index (χ0v) is 16.5. The van der Waals surface area contributed by atoms with Crippen molar-refractivity contribution in [1.82, 2.24) is 13.6 Å². The van der Waals surface area contributed by atoms with Crippen LogP contribution >= 0.6 is 23.3 Å². The maximum atomic E-state index is 12.1. The lowest BCUT2D eigenvalue weighted by Gasteiger charge is -2.46. The molecule has 0 aromatic carbocycles. The number of halogens is 1. The Balaban J connectivity index is 1.77. The molecule has 0 amide bonds. The highest BCUT2D eigenvalue weighted by atomic mass is 35.5. The third kappa shape index (κ3) is 3.21. The smallest absolute Gasteiger partial charge is 0.422 e. The molecule has 0 aliphatic carbocycles. The number of carbonyl (C=O) groups is 2. The van der Waals surface area contributed by atoms with Gasteiger partial charge >= 0.3 is 11.9 Å². The first-order valence-electron chi connectivity index (χ1n) is 9.14. The van der Waals surface area contributed by atoms with E-state index in [9.17, 15) is 9.59 Å². The molecular weight excluding hydrogens is 394 g/mol.